The third kappa shape index (κ3) is 17.6. The van der Waals surface area contributed by atoms with E-state index in [4.69, 9.17) is 42.1 Å². The number of thiol groups is 4. The monoisotopic (exact) mass is 1990 g/mol. The number of carbonyl (C=O) groups is 5. The highest BCUT2D eigenvalue weighted by atomic mass is 35.5. The molecule has 5 unspecified atom stereocenters. The summed E-state index contributed by atoms with van der Waals surface area (Å²) in [5.41, 5.74) is 0.256. The quantitative estimate of drug-likeness (QED) is 0.0216. The predicted octanol–water partition coefficient (Wildman–Crippen LogP) is 24.2. The van der Waals surface area contributed by atoms with Crippen LogP contribution < -0.4 is 18.9 Å². The average Bonchev–Trinajstić information content (AvgIpc) is 0.709. The zero-order chi connectivity index (χ0) is 96.1. The molecule has 0 radical (unpaired) electrons. The minimum Gasteiger partial charge on any atom is -0.510 e. The number of thioether (sulfide) groups is 4. The molecule has 0 aromatic heterocycles. The number of ketones is 5. The van der Waals surface area contributed by atoms with E-state index in [1.807, 2.05) is 49.3 Å². The lowest BCUT2D eigenvalue weighted by Crippen LogP contribution is -2.31. The van der Waals surface area contributed by atoms with E-state index >= 15 is 0 Å². The van der Waals surface area contributed by atoms with Crippen LogP contribution in [0.25, 0.3) is 49.4 Å². The maximum atomic E-state index is 13.8. The van der Waals surface area contributed by atoms with E-state index in [0.717, 1.165) is 55.0 Å². The maximum Gasteiger partial charge on any atom is 0.182 e. The summed E-state index contributed by atoms with van der Waals surface area (Å²) in [6, 6.07) is 40.0. The summed E-state index contributed by atoms with van der Waals surface area (Å²) in [6.07, 6.45) is 7.75. The van der Waals surface area contributed by atoms with Crippen LogP contribution in [0.15, 0.2) is 238 Å². The van der Waals surface area contributed by atoms with Crippen molar-refractivity contribution in [3.05, 3.63) is 311 Å². The molecule has 12 aromatic rings. The number of fused-ring (bicyclic) bond motifs is 2. The van der Waals surface area contributed by atoms with Crippen molar-refractivity contribution in [2.75, 3.05) is 53.5 Å². The first-order valence-electron chi connectivity index (χ1n) is 38.5. The van der Waals surface area contributed by atoms with Crippen molar-refractivity contribution in [3.8, 4) is 46.0 Å². The Balaban J connectivity index is 0.000000141. The SMILES string of the molecule is COc1cc(F)cc(OC)c1C1=C(O)C(c2c(OC)cc(F)cc2OC)C1=O.CSc1ccc(Cl)c(SC)c1C1=C(O)C(c2c(SC)ccc(Cl)c2SC)C1=O.O=C1C(c2c(F)cc(F)cc2F)=C(O)C1c1c(F)cc(F)cc1F.O=C1C(c2c(O)cc3ccccc3c2O)=C(O)C1c1c(O)cc2ccccc2c1O.O=C1C(c2c(S)cccc2S)=C(O)C1c1c(S)cccc1S. The molecule has 5 aliphatic carbocycles. The van der Waals surface area contributed by atoms with Crippen LogP contribution in [0.2, 0.25) is 10.0 Å². The molecule has 36 heteroatoms. The van der Waals surface area contributed by atoms with Gasteiger partial charge in [0.1, 0.15) is 151 Å². The van der Waals surface area contributed by atoms with Gasteiger partial charge in [-0.25, -0.2) is 35.1 Å². The summed E-state index contributed by atoms with van der Waals surface area (Å²) < 4.78 is 129. The molecule has 0 fully saturated rings. The molecule has 18 nitrogen and oxygen atoms in total. The van der Waals surface area contributed by atoms with Gasteiger partial charge < -0.3 is 64.9 Å². The molecule has 0 bridgehead atoms. The van der Waals surface area contributed by atoms with Crippen molar-refractivity contribution in [3.63, 3.8) is 0 Å². The summed E-state index contributed by atoms with van der Waals surface area (Å²) >= 11 is 36.3. The van der Waals surface area contributed by atoms with Crippen molar-refractivity contribution in [2.24, 2.45) is 0 Å². The van der Waals surface area contributed by atoms with Crippen molar-refractivity contribution in [2.45, 2.75) is 68.8 Å². The van der Waals surface area contributed by atoms with Gasteiger partial charge in [-0.2, -0.15) is 0 Å². The largest absolute Gasteiger partial charge is 0.510 e. The Kier molecular flexibility index (Phi) is 29.7. The third-order valence-electron chi connectivity index (χ3n) is 22.1. The van der Waals surface area contributed by atoms with Crippen LogP contribution in [0.1, 0.15) is 85.2 Å². The first-order valence-corrected chi connectivity index (χ1v) is 46.0. The fourth-order valence-electron chi connectivity index (χ4n) is 16.0. The number of allylic oxidation sites excluding steroid dienone is 10. The van der Waals surface area contributed by atoms with E-state index in [-0.39, 0.29) is 114 Å². The van der Waals surface area contributed by atoms with Crippen LogP contribution >= 0.6 is 121 Å². The number of phenols is 4. The molecule has 12 aromatic carbocycles. The fraction of sp³-hybridized carbons (Fsp3) is 0.135. The van der Waals surface area contributed by atoms with E-state index in [2.05, 4.69) is 50.5 Å². The lowest BCUT2D eigenvalue weighted by molar-refractivity contribution is -0.117. The molecule has 680 valence electrons. The molecule has 0 heterocycles. The Morgan fingerprint density at radius 1 is 0.303 bits per heavy atom. The van der Waals surface area contributed by atoms with Gasteiger partial charge in [0.2, 0.25) is 0 Å². The van der Waals surface area contributed by atoms with Crippen LogP contribution in [0.5, 0.6) is 46.0 Å². The average molecular weight is 1990 g/mol. The zero-order valence-corrected chi connectivity index (χ0v) is 77.8. The summed E-state index contributed by atoms with van der Waals surface area (Å²) in [5, 5.41) is 98.1. The van der Waals surface area contributed by atoms with Crippen molar-refractivity contribution >= 4 is 199 Å². The van der Waals surface area contributed by atoms with Gasteiger partial charge in [-0.05, 0) is 108 Å². The number of aromatic hydroxyl groups is 4. The molecule has 5 atom stereocenters. The van der Waals surface area contributed by atoms with Gasteiger partial charge in [0.25, 0.3) is 0 Å². The zero-order valence-electron chi connectivity index (χ0n) is 69.5. The van der Waals surface area contributed by atoms with E-state index in [9.17, 15) is 105 Å². The Morgan fingerprint density at radius 3 is 1.08 bits per heavy atom. The second-order valence-corrected chi connectivity index (χ2v) is 35.3. The van der Waals surface area contributed by atoms with Crippen LogP contribution in [0.4, 0.5) is 35.1 Å². The Bertz CT molecular complexity index is 6930. The van der Waals surface area contributed by atoms with Crippen molar-refractivity contribution in [1.29, 1.82) is 0 Å². The number of carbonyl (C=O) groups excluding carboxylic acids is 5. The van der Waals surface area contributed by atoms with Crippen LogP contribution in [-0.4, -0.2) is 128 Å². The number of hydrogen-bond acceptors (Lipinski definition) is 26. The van der Waals surface area contributed by atoms with Crippen LogP contribution in [0, 0.1) is 46.5 Å². The standard InChI is InChI=1S/C24H16O6.C20H18Cl2O2S4.C20H18F2O6.C16H6F6O2.C16H12O2S4/c25-15-9-11-5-1-3-7-13(11)21(27)17(15)19-23(29)20(24(19)30)18-16(26)10-12-6-2-4-8-14(12)22(18)28;1-25-11-7-5-9(21)19(27-3)13(11)15-17(23)16(18(15)24)14-12(26-2)8-6-10(22)20(14)28-4;1-25-11-5-9(21)6-12(26-2)15(11)17-19(23)18(20(17)24)16-13(27-3)7-10(22)8-14(16)28-4;17-5-1-7(19)11(8(20)2-5)13-15(23)14(16(13)24)12-9(21)3-6(18)4-10(12)22;17-15-13(11-7(19)3-1-4-8(11)20)16(18)14(15)12-9(21)5-2-6-10(12)22/h1-10,19,25-29H;5-8,15,23H,1-4H3;5-8,17,23H,1-4H3;1-4,13,23H;1-6,13,17,19-22H. The molecular weight excluding hydrogens is 1920 g/mol. The van der Waals surface area contributed by atoms with Gasteiger partial charge in [-0.1, -0.05) is 83.9 Å². The fourth-order valence-corrected chi connectivity index (χ4v) is 21.0. The minimum atomic E-state index is -1.86. The molecule has 9 N–H and O–H groups in total. The topological polar surface area (TPSA) is 304 Å². The molecule has 5 aliphatic rings. The highest BCUT2D eigenvalue weighted by Crippen LogP contribution is 2.59. The van der Waals surface area contributed by atoms with Gasteiger partial charge in [0.15, 0.2) is 28.9 Å². The second kappa shape index (κ2) is 40.1. The number of phenolic OH excluding ortho intramolecular Hbond substituents is 4. The number of ether oxygens (including phenoxy) is 4. The Morgan fingerprint density at radius 2 is 0.644 bits per heavy atom. The van der Waals surface area contributed by atoms with Crippen LogP contribution in [-0.2, 0) is 24.0 Å². The maximum absolute atomic E-state index is 13.8. The number of aliphatic hydroxyl groups excluding tert-OH is 5. The molecule has 0 amide bonds. The molecule has 0 saturated carbocycles. The van der Waals surface area contributed by atoms with Gasteiger partial charge >= 0.3 is 0 Å². The first kappa shape index (κ1) is 97.9. The van der Waals surface area contributed by atoms with Gasteiger partial charge in [0, 0.05) is 115 Å². The Hall–Kier alpha value is -11.6. The molecular formula is C96H70Cl2F8O18S8. The smallest absolute Gasteiger partial charge is 0.182 e. The number of aliphatic hydroxyl groups is 5. The minimum absolute atomic E-state index is 0.0126. The highest BCUT2D eigenvalue weighted by Gasteiger charge is 2.51. The lowest BCUT2D eigenvalue weighted by atomic mass is 9.73. The lowest BCUT2D eigenvalue weighted by Gasteiger charge is -2.32. The van der Waals surface area contributed by atoms with E-state index in [0.29, 0.717) is 92.1 Å². The number of methoxy groups -OCH3 is 4. The number of rotatable bonds is 18. The third-order valence-corrected chi connectivity index (χ3v) is 27.7. The molecule has 132 heavy (non-hydrogen) atoms. The van der Waals surface area contributed by atoms with Crippen LogP contribution in [0.3, 0.4) is 0 Å². The summed E-state index contributed by atoms with van der Waals surface area (Å²) in [4.78, 5) is 70.0. The number of halogens is 10. The predicted molar refractivity (Wildman–Crippen MR) is 505 cm³/mol. The second-order valence-electron chi connectivity index (χ2n) is 29.2. The van der Waals surface area contributed by atoms with E-state index in [1.54, 1.807) is 96.7 Å². The summed E-state index contributed by atoms with van der Waals surface area (Å²) in [5.74, 6) is -20.6. The van der Waals surface area contributed by atoms with Gasteiger partial charge in [0.05, 0.1) is 94.2 Å². The van der Waals surface area contributed by atoms with E-state index < -0.39 is 122 Å². The first-order chi connectivity index (χ1) is 62.8. The Labute approximate surface area is 796 Å². The molecule has 0 aliphatic heterocycles. The highest BCUT2D eigenvalue weighted by molar-refractivity contribution is 8.00. The van der Waals surface area contributed by atoms with Crippen molar-refractivity contribution < 1.29 is 124 Å². The molecule has 0 saturated heterocycles. The number of benzene rings is 12. The normalized spacial score (nSPS) is 16.7. The molecule has 17 rings (SSSR count). The summed E-state index contributed by atoms with van der Waals surface area (Å²) in [6.45, 7) is 0. The number of hydrogen-bond donors (Lipinski definition) is 13. The molecule has 0 spiro atoms. The van der Waals surface area contributed by atoms with Gasteiger partial charge in [-0.3, -0.25) is 24.0 Å². The van der Waals surface area contributed by atoms with Crippen molar-refractivity contribution in [1.82, 2.24) is 0 Å². The summed E-state index contributed by atoms with van der Waals surface area (Å²) in [7, 11) is 5.24. The number of Topliss-reactive ketones (excluding diaryl/α,β-unsaturated/α-hetero) is 5. The van der Waals surface area contributed by atoms with E-state index in [1.165, 1.54) is 75.9 Å². The van der Waals surface area contributed by atoms with Gasteiger partial charge in [-0.15, -0.1) is 97.6 Å².